The van der Waals surface area contributed by atoms with E-state index < -0.39 is 111 Å². The first-order valence-corrected chi connectivity index (χ1v) is 6.74. The minimum Gasteiger partial charge on any atom is -0.479 e. The van der Waals surface area contributed by atoms with Gasteiger partial charge in [-0.25, -0.2) is 4.79 Å². The Labute approximate surface area is 170 Å². The Morgan fingerprint density at radius 2 is 1.72 bits per heavy atom. The Morgan fingerprint density at radius 3 is 2.20 bits per heavy atom. The second kappa shape index (κ2) is 7.70. The second-order valence-electron chi connectivity index (χ2n) is 5.06. The quantitative estimate of drug-likeness (QED) is 0.614. The zero-order chi connectivity index (χ0) is 33.3. The van der Waals surface area contributed by atoms with Crippen LogP contribution in [0.4, 0.5) is 0 Å². The third kappa shape index (κ3) is 3.95. The van der Waals surface area contributed by atoms with E-state index in [0.717, 1.165) is 0 Å². The minimum absolute atomic E-state index is 1.51. The molecule has 5 atom stereocenters. The molecule has 0 radical (unpaired) electrons. The molecule has 1 heterocycles. The predicted octanol–water partition coefficient (Wildman–Crippen LogP) is 1.20. The molecule has 0 amide bonds. The summed E-state index contributed by atoms with van der Waals surface area (Å²) in [4.78, 5) is 11.6. The number of carboxylic acids is 1. The van der Waals surface area contributed by atoms with Crippen molar-refractivity contribution in [2.75, 3.05) is 0 Å². The van der Waals surface area contributed by atoms with Gasteiger partial charge in [0.2, 0.25) is 6.29 Å². The maximum Gasteiger partial charge on any atom is 0.335 e. The lowest BCUT2D eigenvalue weighted by molar-refractivity contribution is -0.271. The number of aliphatic hydroxyl groups excluding tert-OH is 3. The van der Waals surface area contributed by atoms with Gasteiger partial charge in [0.1, 0.15) is 24.1 Å². The molecule has 0 bridgehead atoms. The fraction of sp³-hybridized carbons (Fsp3) is 0.611. The number of hydrogen-bond acceptors (Lipinski definition) is 6. The van der Waals surface area contributed by atoms with Crippen molar-refractivity contribution in [1.29, 1.82) is 0 Å². The van der Waals surface area contributed by atoms with E-state index in [1.807, 2.05) is 0 Å². The normalized spacial score (nSPS) is 42.7. The van der Waals surface area contributed by atoms with E-state index in [-0.39, 0.29) is 0 Å². The third-order valence-corrected chi connectivity index (χ3v) is 3.38. The highest BCUT2D eigenvalue weighted by atomic mass is 16.7. The summed E-state index contributed by atoms with van der Waals surface area (Å²) >= 11 is 0. The van der Waals surface area contributed by atoms with Crippen molar-refractivity contribution < 1.29 is 58.0 Å². The van der Waals surface area contributed by atoms with E-state index in [9.17, 15) is 25.2 Å². The van der Waals surface area contributed by atoms with Crippen LogP contribution in [0.5, 0.6) is 5.75 Å². The standard InChI is InChI=1S/C18H26O7/c1-8(2)10-6-5-7-11(9(3)4)15(10)24-18-14(21)12(19)13(20)16(25-18)17(22)23/h5-9,12-14,16,18-21H,1-4H3,(H,22,23)/t12?,13-,14?,16?,18+/m0/s1/i1D3,2D3,3D3,4D3,5D,6D,7D,8D,9D. The summed E-state index contributed by atoms with van der Waals surface area (Å²) in [5.41, 5.74) is -3.49. The van der Waals surface area contributed by atoms with Crippen molar-refractivity contribution in [3.63, 3.8) is 0 Å². The van der Waals surface area contributed by atoms with Crippen LogP contribution < -0.4 is 4.74 Å². The molecule has 2 rings (SSSR count). The van der Waals surface area contributed by atoms with E-state index in [1.165, 1.54) is 0 Å². The van der Waals surface area contributed by atoms with Crippen LogP contribution in [0.1, 0.15) is 73.6 Å². The number of aliphatic carboxylic acids is 1. The average Bonchev–Trinajstić information content (AvgIpc) is 2.79. The van der Waals surface area contributed by atoms with E-state index in [2.05, 4.69) is 0 Å². The Morgan fingerprint density at radius 1 is 1.16 bits per heavy atom. The van der Waals surface area contributed by atoms with Gasteiger partial charge in [-0.05, 0) is 22.9 Å². The van der Waals surface area contributed by atoms with Crippen LogP contribution in [0.2, 0.25) is 0 Å². The summed E-state index contributed by atoms with van der Waals surface area (Å²) in [5.74, 6) is -11.9. The lowest BCUT2D eigenvalue weighted by Crippen LogP contribution is -2.61. The molecule has 1 aliphatic heterocycles. The first-order valence-electron chi connectivity index (χ1n) is 15.2. The van der Waals surface area contributed by atoms with E-state index >= 15 is 0 Å². The van der Waals surface area contributed by atoms with Gasteiger partial charge in [-0.3, -0.25) is 0 Å². The van der Waals surface area contributed by atoms with Crippen molar-refractivity contribution in [3.05, 3.63) is 29.3 Å². The lowest BCUT2D eigenvalue weighted by Gasteiger charge is -2.39. The fourth-order valence-corrected chi connectivity index (χ4v) is 2.13. The van der Waals surface area contributed by atoms with Crippen molar-refractivity contribution >= 4 is 5.97 Å². The fourth-order valence-electron chi connectivity index (χ4n) is 2.13. The number of aliphatic hydroxyl groups is 3. The second-order valence-corrected chi connectivity index (χ2v) is 5.06. The molecule has 1 fully saturated rings. The molecule has 7 nitrogen and oxygen atoms in total. The number of ether oxygens (including phenoxy) is 2. The Balaban J connectivity index is 3.27. The first kappa shape index (κ1) is 6.81. The van der Waals surface area contributed by atoms with Gasteiger partial charge in [0.15, 0.2) is 6.10 Å². The zero-order valence-corrected chi connectivity index (χ0v) is 12.4. The summed E-state index contributed by atoms with van der Waals surface area (Å²) < 4.78 is 146. The molecule has 1 aliphatic rings. The first-order chi connectivity index (χ1) is 18.5. The molecule has 1 aromatic rings. The molecule has 0 aliphatic carbocycles. The van der Waals surface area contributed by atoms with Crippen molar-refractivity contribution in [1.82, 2.24) is 0 Å². The highest BCUT2D eigenvalue weighted by Crippen LogP contribution is 2.36. The molecule has 0 aromatic heterocycles. The number of benzene rings is 1. The molecule has 25 heavy (non-hydrogen) atoms. The third-order valence-electron chi connectivity index (χ3n) is 3.38. The zero-order valence-electron chi connectivity index (χ0n) is 29.4. The van der Waals surface area contributed by atoms with E-state index in [0.29, 0.717) is 0 Å². The number of hydrogen-bond donors (Lipinski definition) is 4. The van der Waals surface area contributed by atoms with Gasteiger partial charge in [-0.15, -0.1) is 0 Å². The van der Waals surface area contributed by atoms with Crippen LogP contribution in [-0.4, -0.2) is 57.1 Å². The van der Waals surface area contributed by atoms with Crippen LogP contribution >= 0.6 is 0 Å². The summed E-state index contributed by atoms with van der Waals surface area (Å²) in [6.45, 7) is -16.1. The number of carbonyl (C=O) groups is 1. The average molecular weight is 372 g/mol. The molecule has 1 aromatic carbocycles. The Hall–Kier alpha value is -1.67. The Kier molecular flexibility index (Phi) is 2.10. The smallest absolute Gasteiger partial charge is 0.335 e. The van der Waals surface area contributed by atoms with Crippen LogP contribution in [0.15, 0.2) is 18.1 Å². The SMILES string of the molecule is [2H]c1c([2H])c(C([2H])(C([2H])([2H])[2H])C([2H])([2H])[2H])c(O[C@@H]2OC(C(=O)O)[C@@H](O)C(O)C2O)c(C([2H])(C([2H])([2H])[2H])C([2H])([2H])[2H])c1[2H]. The maximum absolute atomic E-state index is 11.6. The van der Waals surface area contributed by atoms with Gasteiger partial charge in [0.05, 0.1) is 4.11 Å². The van der Waals surface area contributed by atoms with Gasteiger partial charge >= 0.3 is 5.97 Å². The van der Waals surface area contributed by atoms with Crippen LogP contribution in [0.3, 0.4) is 0 Å². The summed E-state index contributed by atoms with van der Waals surface area (Å²) in [6, 6.07) is -4.65. The van der Waals surface area contributed by atoms with Crippen LogP contribution in [0, 0.1) is 0 Å². The highest BCUT2D eigenvalue weighted by molar-refractivity contribution is 5.73. The van der Waals surface area contributed by atoms with Crippen LogP contribution in [0.25, 0.3) is 0 Å². The van der Waals surface area contributed by atoms with Crippen molar-refractivity contribution in [2.45, 2.75) is 69.9 Å². The molecule has 7 heteroatoms. The van der Waals surface area contributed by atoms with Gasteiger partial charge in [-0.1, -0.05) is 45.5 Å². The van der Waals surface area contributed by atoms with Gasteiger partial charge < -0.3 is 29.9 Å². The molecular formula is C18H26O7. The molecule has 0 saturated carbocycles. The highest BCUT2D eigenvalue weighted by Gasteiger charge is 2.48. The van der Waals surface area contributed by atoms with E-state index in [4.69, 9.17) is 32.8 Å². The number of para-hydroxylation sites is 1. The summed E-state index contributed by atoms with van der Waals surface area (Å²) in [6.07, 6.45) is -12.4. The minimum atomic E-state index is -4.08. The van der Waals surface area contributed by atoms with Crippen molar-refractivity contribution in [3.8, 4) is 5.75 Å². The molecule has 1 saturated heterocycles. The largest absolute Gasteiger partial charge is 0.479 e. The van der Waals surface area contributed by atoms with Crippen molar-refractivity contribution in [2.24, 2.45) is 0 Å². The van der Waals surface area contributed by atoms with Gasteiger partial charge in [-0.2, -0.15) is 0 Å². The lowest BCUT2D eigenvalue weighted by atomic mass is 9.93. The Bertz CT molecular complexity index is 1110. The number of carboxylic acid groups (broad SMARTS) is 1. The predicted molar refractivity (Wildman–Crippen MR) is 89.6 cm³/mol. The molecular weight excluding hydrogens is 328 g/mol. The molecule has 0 spiro atoms. The molecule has 4 N–H and O–H groups in total. The number of rotatable bonds is 5. The molecule has 140 valence electrons. The monoisotopic (exact) mass is 371 g/mol. The topological polar surface area (TPSA) is 116 Å². The molecule has 3 unspecified atom stereocenters. The van der Waals surface area contributed by atoms with Gasteiger partial charge in [0, 0.05) is 19.2 Å². The van der Waals surface area contributed by atoms with E-state index in [1.54, 1.807) is 0 Å². The summed E-state index contributed by atoms with van der Waals surface area (Å²) in [7, 11) is 0. The summed E-state index contributed by atoms with van der Waals surface area (Å²) in [5, 5.41) is 40.0. The van der Waals surface area contributed by atoms with Crippen LogP contribution in [-0.2, 0) is 9.53 Å². The maximum atomic E-state index is 11.6. The van der Waals surface area contributed by atoms with Gasteiger partial charge in [0.25, 0.3) is 0 Å².